The molecule has 1 amide bonds. The number of carbonyl (C=O) groups excluding carboxylic acids is 1. The van der Waals surface area contributed by atoms with Gasteiger partial charge in [-0.3, -0.25) is 4.79 Å². The first-order chi connectivity index (χ1) is 8.02. The largest absolute Gasteiger partial charge is 0.337 e. The predicted octanol–water partition coefficient (Wildman–Crippen LogP) is 3.16. The smallest absolute Gasteiger partial charge is 0.227 e. The third-order valence-corrected chi connectivity index (χ3v) is 4.28. The van der Waals surface area contributed by atoms with E-state index in [1.54, 1.807) is 0 Å². The van der Waals surface area contributed by atoms with E-state index in [1.807, 2.05) is 20.8 Å². The summed E-state index contributed by atoms with van der Waals surface area (Å²) in [6.45, 7) is 5.95. The molecule has 1 fully saturated rings. The molecule has 1 N–H and O–H groups in total. The second kappa shape index (κ2) is 5.53. The molecule has 0 heterocycles. The average molecular weight is 236 g/mol. The van der Waals surface area contributed by atoms with E-state index in [0.29, 0.717) is 12.8 Å². The molecule has 0 aliphatic heterocycles. The molecule has 1 aliphatic rings. The molecule has 0 spiro atoms. The Morgan fingerprint density at radius 3 is 2.24 bits per heavy atom. The maximum atomic E-state index is 12.3. The first kappa shape index (κ1) is 14.0. The van der Waals surface area contributed by atoms with Crippen molar-refractivity contribution in [2.75, 3.05) is 0 Å². The van der Waals surface area contributed by atoms with Crippen LogP contribution in [0.4, 0.5) is 0 Å². The van der Waals surface area contributed by atoms with Gasteiger partial charge < -0.3 is 5.32 Å². The van der Waals surface area contributed by atoms with Crippen LogP contribution in [0.15, 0.2) is 0 Å². The number of hydrogen-bond donors (Lipinski definition) is 1. The van der Waals surface area contributed by atoms with E-state index < -0.39 is 5.54 Å². The first-order valence-corrected chi connectivity index (χ1v) is 6.76. The van der Waals surface area contributed by atoms with Crippen molar-refractivity contribution in [3.05, 3.63) is 0 Å². The van der Waals surface area contributed by atoms with Gasteiger partial charge in [0.1, 0.15) is 5.54 Å². The van der Waals surface area contributed by atoms with Gasteiger partial charge in [-0.15, -0.1) is 0 Å². The van der Waals surface area contributed by atoms with Crippen LogP contribution >= 0.6 is 0 Å². The number of hydrogen-bond acceptors (Lipinski definition) is 2. The SMILES string of the molecule is CCC(C#N)(CC)NC(=O)C1(C)CCCCC1. The lowest BCUT2D eigenvalue weighted by Gasteiger charge is -2.36. The van der Waals surface area contributed by atoms with E-state index in [9.17, 15) is 10.1 Å². The lowest BCUT2D eigenvalue weighted by molar-refractivity contribution is -0.133. The van der Waals surface area contributed by atoms with Crippen molar-refractivity contribution >= 4 is 5.91 Å². The van der Waals surface area contributed by atoms with Crippen molar-refractivity contribution in [3.8, 4) is 6.07 Å². The normalized spacial score (nSPS) is 19.4. The lowest BCUT2D eigenvalue weighted by Crippen LogP contribution is -2.52. The van der Waals surface area contributed by atoms with E-state index in [2.05, 4.69) is 11.4 Å². The Kier molecular flexibility index (Phi) is 4.56. The number of carbonyl (C=O) groups is 1. The molecule has 0 saturated heterocycles. The Bertz CT molecular complexity index is 307. The van der Waals surface area contributed by atoms with Crippen molar-refractivity contribution in [3.63, 3.8) is 0 Å². The van der Waals surface area contributed by atoms with Crippen LogP contribution in [-0.4, -0.2) is 11.4 Å². The summed E-state index contributed by atoms with van der Waals surface area (Å²) in [5.74, 6) is 0.0717. The highest BCUT2D eigenvalue weighted by atomic mass is 16.2. The highest BCUT2D eigenvalue weighted by Crippen LogP contribution is 2.36. The van der Waals surface area contributed by atoms with Gasteiger partial charge in [-0.1, -0.05) is 40.0 Å². The summed E-state index contributed by atoms with van der Waals surface area (Å²) in [6, 6.07) is 2.27. The minimum Gasteiger partial charge on any atom is -0.337 e. The topological polar surface area (TPSA) is 52.9 Å². The van der Waals surface area contributed by atoms with Crippen LogP contribution in [0.1, 0.15) is 65.7 Å². The quantitative estimate of drug-likeness (QED) is 0.815. The van der Waals surface area contributed by atoms with Crippen molar-refractivity contribution in [2.24, 2.45) is 5.41 Å². The molecule has 0 unspecified atom stereocenters. The molecule has 0 aromatic carbocycles. The number of rotatable bonds is 4. The molecule has 1 saturated carbocycles. The minimum atomic E-state index is -0.669. The van der Waals surface area contributed by atoms with Crippen LogP contribution in [0.25, 0.3) is 0 Å². The fraction of sp³-hybridized carbons (Fsp3) is 0.857. The molecule has 0 atom stereocenters. The van der Waals surface area contributed by atoms with Gasteiger partial charge in [-0.05, 0) is 25.7 Å². The standard InChI is InChI=1S/C14H24N2O/c1-4-14(5-2,11-15)16-12(17)13(3)9-7-6-8-10-13/h4-10H2,1-3H3,(H,16,17). The Labute approximate surface area is 105 Å². The summed E-state index contributed by atoms with van der Waals surface area (Å²) in [4.78, 5) is 12.3. The predicted molar refractivity (Wildman–Crippen MR) is 68.3 cm³/mol. The molecule has 0 aromatic heterocycles. The summed E-state index contributed by atoms with van der Waals surface area (Å²) < 4.78 is 0. The highest BCUT2D eigenvalue weighted by Gasteiger charge is 2.38. The van der Waals surface area contributed by atoms with Crippen LogP contribution in [-0.2, 0) is 4.79 Å². The summed E-state index contributed by atoms with van der Waals surface area (Å²) >= 11 is 0. The lowest BCUT2D eigenvalue weighted by atomic mass is 9.74. The monoisotopic (exact) mass is 236 g/mol. The van der Waals surface area contributed by atoms with E-state index in [0.717, 1.165) is 25.7 Å². The van der Waals surface area contributed by atoms with Gasteiger partial charge in [0.25, 0.3) is 0 Å². The Morgan fingerprint density at radius 2 is 1.82 bits per heavy atom. The zero-order chi connectivity index (χ0) is 12.9. The maximum absolute atomic E-state index is 12.3. The molecular formula is C14H24N2O. The fourth-order valence-corrected chi connectivity index (χ4v) is 2.54. The third-order valence-electron chi connectivity index (χ3n) is 4.28. The van der Waals surface area contributed by atoms with Gasteiger partial charge in [0, 0.05) is 5.41 Å². The van der Waals surface area contributed by atoms with E-state index >= 15 is 0 Å². The second-order valence-corrected chi connectivity index (χ2v) is 5.48. The van der Waals surface area contributed by atoms with Crippen LogP contribution < -0.4 is 5.32 Å². The summed E-state index contributed by atoms with van der Waals surface area (Å²) in [6.07, 6.45) is 6.72. The fourth-order valence-electron chi connectivity index (χ4n) is 2.54. The molecular weight excluding hydrogens is 212 g/mol. The molecule has 3 nitrogen and oxygen atoms in total. The van der Waals surface area contributed by atoms with Crippen LogP contribution in [0.5, 0.6) is 0 Å². The average Bonchev–Trinajstić information content (AvgIpc) is 2.37. The first-order valence-electron chi connectivity index (χ1n) is 6.76. The molecule has 17 heavy (non-hydrogen) atoms. The van der Waals surface area contributed by atoms with Crippen molar-refractivity contribution in [2.45, 2.75) is 71.3 Å². The van der Waals surface area contributed by atoms with Gasteiger partial charge >= 0.3 is 0 Å². The van der Waals surface area contributed by atoms with Gasteiger partial charge in [0.05, 0.1) is 6.07 Å². The van der Waals surface area contributed by atoms with Crippen LogP contribution in [0.2, 0.25) is 0 Å². The van der Waals surface area contributed by atoms with Crippen LogP contribution in [0.3, 0.4) is 0 Å². The van der Waals surface area contributed by atoms with Crippen molar-refractivity contribution in [1.82, 2.24) is 5.32 Å². The van der Waals surface area contributed by atoms with Gasteiger partial charge in [-0.25, -0.2) is 0 Å². The van der Waals surface area contributed by atoms with E-state index in [4.69, 9.17) is 0 Å². The number of nitriles is 1. The molecule has 1 aliphatic carbocycles. The summed E-state index contributed by atoms with van der Waals surface area (Å²) in [5.41, 5.74) is -0.928. The van der Waals surface area contributed by atoms with Gasteiger partial charge in [0.2, 0.25) is 5.91 Å². The Hall–Kier alpha value is -1.04. The van der Waals surface area contributed by atoms with E-state index in [-0.39, 0.29) is 11.3 Å². The summed E-state index contributed by atoms with van der Waals surface area (Å²) in [5, 5.41) is 12.2. The molecule has 0 bridgehead atoms. The maximum Gasteiger partial charge on any atom is 0.227 e. The molecule has 3 heteroatoms. The molecule has 96 valence electrons. The summed E-state index contributed by atoms with van der Waals surface area (Å²) in [7, 11) is 0. The zero-order valence-corrected chi connectivity index (χ0v) is 11.3. The van der Waals surface area contributed by atoms with Gasteiger partial charge in [0.15, 0.2) is 0 Å². The second-order valence-electron chi connectivity index (χ2n) is 5.48. The van der Waals surface area contributed by atoms with Gasteiger partial charge in [-0.2, -0.15) is 5.26 Å². The Balaban J connectivity index is 2.73. The van der Waals surface area contributed by atoms with Crippen molar-refractivity contribution in [1.29, 1.82) is 5.26 Å². The van der Waals surface area contributed by atoms with Crippen molar-refractivity contribution < 1.29 is 4.79 Å². The molecule has 0 radical (unpaired) electrons. The number of amides is 1. The Morgan fingerprint density at radius 1 is 1.29 bits per heavy atom. The number of nitrogens with zero attached hydrogens (tertiary/aromatic N) is 1. The van der Waals surface area contributed by atoms with Crippen LogP contribution in [0, 0.1) is 16.7 Å². The van der Waals surface area contributed by atoms with E-state index in [1.165, 1.54) is 6.42 Å². The molecule has 1 rings (SSSR count). The minimum absolute atomic E-state index is 0.0717. The zero-order valence-electron chi connectivity index (χ0n) is 11.3. The highest BCUT2D eigenvalue weighted by molar-refractivity contribution is 5.83. The molecule has 0 aromatic rings. The third kappa shape index (κ3) is 3.00. The number of nitrogens with one attached hydrogen (secondary N) is 1.